The molecule has 2 amide bonds. The summed E-state index contributed by atoms with van der Waals surface area (Å²) in [4.78, 5) is 12.6. The molecule has 25 heavy (non-hydrogen) atoms. The Kier molecular flexibility index (Phi) is 4.31. The first-order valence-corrected chi connectivity index (χ1v) is 8.67. The number of aliphatic hydroxyl groups excluding tert-OH is 1. The third-order valence-corrected chi connectivity index (χ3v) is 4.97. The van der Waals surface area contributed by atoms with Crippen LogP contribution in [0.2, 0.25) is 0 Å². The largest absolute Gasteiger partial charge is 0.493 e. The molecule has 3 heterocycles. The number of para-hydroxylation sites is 1. The fraction of sp³-hybridized carbons (Fsp3) is 0.444. The summed E-state index contributed by atoms with van der Waals surface area (Å²) in [5, 5.41) is 20.0. The number of ether oxygens (including phenoxy) is 1. The van der Waals surface area contributed by atoms with Crippen molar-refractivity contribution in [2.24, 2.45) is 5.92 Å². The molecule has 132 valence electrons. The van der Waals surface area contributed by atoms with E-state index in [1.807, 2.05) is 35.0 Å². The van der Waals surface area contributed by atoms with Crippen LogP contribution >= 0.6 is 0 Å². The molecule has 2 aromatic rings. The fourth-order valence-electron chi connectivity index (χ4n) is 3.68. The zero-order valence-corrected chi connectivity index (χ0v) is 13.9. The number of carbonyl (C=O) groups is 1. The quantitative estimate of drug-likeness (QED) is 0.793. The molecule has 0 radical (unpaired) electrons. The summed E-state index contributed by atoms with van der Waals surface area (Å²) in [6.45, 7) is 1.23. The van der Waals surface area contributed by atoms with Gasteiger partial charge in [0.2, 0.25) is 0 Å². The lowest BCUT2D eigenvalue weighted by atomic mass is 9.91. The number of amides is 2. The SMILES string of the molecule is O=C(NC1CCCn2nccc21)N[C@H]1c2ccccc2OC[C@H]1CO. The van der Waals surface area contributed by atoms with Crippen molar-refractivity contribution in [2.75, 3.05) is 13.2 Å². The number of benzene rings is 1. The number of aryl methyl sites for hydroxylation is 1. The highest BCUT2D eigenvalue weighted by Gasteiger charge is 2.32. The number of carbonyl (C=O) groups excluding carboxylic acids is 1. The van der Waals surface area contributed by atoms with E-state index >= 15 is 0 Å². The second kappa shape index (κ2) is 6.76. The molecule has 1 unspecified atom stereocenters. The molecule has 0 saturated heterocycles. The topological polar surface area (TPSA) is 88.4 Å². The number of rotatable bonds is 3. The molecule has 7 nitrogen and oxygen atoms in total. The standard InChI is InChI=1S/C18H22N4O3/c23-10-12-11-25-16-6-2-1-4-13(16)17(12)21-18(24)20-14-5-3-9-22-15(14)7-8-19-22/h1-2,4,6-8,12,14,17,23H,3,5,9-11H2,(H2,20,21,24)/t12-,14?,17-/m1/s1. The third-order valence-electron chi connectivity index (χ3n) is 4.97. The van der Waals surface area contributed by atoms with Crippen molar-refractivity contribution in [1.82, 2.24) is 20.4 Å². The van der Waals surface area contributed by atoms with E-state index in [1.165, 1.54) is 0 Å². The van der Waals surface area contributed by atoms with Crippen molar-refractivity contribution in [3.63, 3.8) is 0 Å². The van der Waals surface area contributed by atoms with Crippen LogP contribution in [0.3, 0.4) is 0 Å². The molecule has 3 atom stereocenters. The summed E-state index contributed by atoms with van der Waals surface area (Å²) in [5.41, 5.74) is 1.93. The van der Waals surface area contributed by atoms with Gasteiger partial charge in [0, 0.05) is 24.2 Å². The minimum Gasteiger partial charge on any atom is -0.493 e. The molecule has 3 N–H and O–H groups in total. The number of nitrogens with zero attached hydrogens (tertiary/aromatic N) is 2. The van der Waals surface area contributed by atoms with Crippen LogP contribution in [0, 0.1) is 5.92 Å². The maximum atomic E-state index is 12.6. The summed E-state index contributed by atoms with van der Waals surface area (Å²) in [6, 6.07) is 9.02. The molecule has 7 heteroatoms. The van der Waals surface area contributed by atoms with Crippen LogP contribution in [0.5, 0.6) is 5.75 Å². The summed E-state index contributed by atoms with van der Waals surface area (Å²) in [7, 11) is 0. The van der Waals surface area contributed by atoms with Crippen LogP contribution in [0.25, 0.3) is 0 Å². The molecule has 2 aliphatic heterocycles. The van der Waals surface area contributed by atoms with Crippen molar-refractivity contribution >= 4 is 6.03 Å². The normalized spacial score (nSPS) is 24.6. The van der Waals surface area contributed by atoms with Crippen molar-refractivity contribution in [3.8, 4) is 5.75 Å². The Bertz CT molecular complexity index is 760. The molecule has 0 bridgehead atoms. The Balaban J connectivity index is 1.49. The maximum absolute atomic E-state index is 12.6. The third kappa shape index (κ3) is 3.07. The molecule has 4 rings (SSSR count). The van der Waals surface area contributed by atoms with E-state index in [9.17, 15) is 9.90 Å². The summed E-state index contributed by atoms with van der Waals surface area (Å²) >= 11 is 0. The predicted molar refractivity (Wildman–Crippen MR) is 91.1 cm³/mol. The van der Waals surface area contributed by atoms with Gasteiger partial charge >= 0.3 is 6.03 Å². The Labute approximate surface area is 146 Å². The maximum Gasteiger partial charge on any atom is 0.315 e. The van der Waals surface area contributed by atoms with Crippen LogP contribution in [0.15, 0.2) is 36.5 Å². The lowest BCUT2D eigenvalue weighted by Crippen LogP contribution is -2.46. The zero-order chi connectivity index (χ0) is 17.2. The molecule has 1 aromatic carbocycles. The lowest BCUT2D eigenvalue weighted by Gasteiger charge is -2.34. The van der Waals surface area contributed by atoms with Gasteiger partial charge in [0.05, 0.1) is 31.0 Å². The molecule has 0 saturated carbocycles. The van der Waals surface area contributed by atoms with Gasteiger partial charge in [-0.2, -0.15) is 5.10 Å². The zero-order valence-electron chi connectivity index (χ0n) is 13.9. The van der Waals surface area contributed by atoms with Gasteiger partial charge in [0.15, 0.2) is 0 Å². The smallest absolute Gasteiger partial charge is 0.315 e. The molecule has 0 fully saturated rings. The lowest BCUT2D eigenvalue weighted by molar-refractivity contribution is 0.113. The van der Waals surface area contributed by atoms with Gasteiger partial charge < -0.3 is 20.5 Å². The Hall–Kier alpha value is -2.54. The summed E-state index contributed by atoms with van der Waals surface area (Å²) < 4.78 is 7.62. The van der Waals surface area contributed by atoms with Crippen LogP contribution < -0.4 is 15.4 Å². The van der Waals surface area contributed by atoms with E-state index in [2.05, 4.69) is 15.7 Å². The minimum atomic E-state index is -0.275. The van der Waals surface area contributed by atoms with E-state index in [4.69, 9.17) is 4.74 Å². The monoisotopic (exact) mass is 342 g/mol. The average molecular weight is 342 g/mol. The minimum absolute atomic E-state index is 0.0427. The van der Waals surface area contributed by atoms with Gasteiger partial charge in [-0.15, -0.1) is 0 Å². The highest BCUT2D eigenvalue weighted by Crippen LogP contribution is 2.35. The van der Waals surface area contributed by atoms with Gasteiger partial charge in [-0.1, -0.05) is 18.2 Å². The van der Waals surface area contributed by atoms with Crippen molar-refractivity contribution < 1.29 is 14.6 Å². The Morgan fingerprint density at radius 2 is 2.20 bits per heavy atom. The number of hydrogen-bond donors (Lipinski definition) is 3. The second-order valence-electron chi connectivity index (χ2n) is 6.56. The number of aliphatic hydroxyl groups is 1. The number of fused-ring (bicyclic) bond motifs is 2. The molecule has 0 aliphatic carbocycles. The summed E-state index contributed by atoms with van der Waals surface area (Å²) in [6.07, 6.45) is 3.65. The van der Waals surface area contributed by atoms with Gasteiger partial charge in [-0.25, -0.2) is 4.79 Å². The highest BCUT2D eigenvalue weighted by atomic mass is 16.5. The number of nitrogens with one attached hydrogen (secondary N) is 2. The highest BCUT2D eigenvalue weighted by molar-refractivity contribution is 5.75. The van der Waals surface area contributed by atoms with Gasteiger partial charge in [0.1, 0.15) is 5.75 Å². The van der Waals surface area contributed by atoms with E-state index in [0.29, 0.717) is 6.61 Å². The van der Waals surface area contributed by atoms with Gasteiger partial charge in [0.25, 0.3) is 0 Å². The van der Waals surface area contributed by atoms with Crippen LogP contribution in [0.4, 0.5) is 4.79 Å². The van der Waals surface area contributed by atoms with E-state index < -0.39 is 0 Å². The average Bonchev–Trinajstić information content (AvgIpc) is 3.12. The van der Waals surface area contributed by atoms with E-state index in [0.717, 1.165) is 36.4 Å². The number of urea groups is 1. The number of aromatic nitrogens is 2. The first-order chi connectivity index (χ1) is 12.3. The Morgan fingerprint density at radius 3 is 3.08 bits per heavy atom. The summed E-state index contributed by atoms with van der Waals surface area (Å²) in [5.74, 6) is 0.589. The van der Waals surface area contributed by atoms with E-state index in [1.54, 1.807) is 6.20 Å². The molecular weight excluding hydrogens is 320 g/mol. The van der Waals surface area contributed by atoms with E-state index in [-0.39, 0.29) is 30.6 Å². The molecule has 1 aromatic heterocycles. The van der Waals surface area contributed by atoms with Gasteiger partial charge in [-0.05, 0) is 25.0 Å². The van der Waals surface area contributed by atoms with Crippen molar-refractivity contribution in [3.05, 3.63) is 47.8 Å². The molecule has 0 spiro atoms. The van der Waals surface area contributed by atoms with Crippen molar-refractivity contribution in [1.29, 1.82) is 0 Å². The van der Waals surface area contributed by atoms with Crippen LogP contribution in [0.1, 0.15) is 36.2 Å². The van der Waals surface area contributed by atoms with Gasteiger partial charge in [-0.3, -0.25) is 4.68 Å². The Morgan fingerprint density at radius 1 is 1.32 bits per heavy atom. The fourth-order valence-corrected chi connectivity index (χ4v) is 3.68. The second-order valence-corrected chi connectivity index (χ2v) is 6.56. The van der Waals surface area contributed by atoms with Crippen LogP contribution in [-0.2, 0) is 6.54 Å². The number of hydrogen-bond acceptors (Lipinski definition) is 4. The first kappa shape index (κ1) is 16.0. The molecular formula is C18H22N4O3. The van der Waals surface area contributed by atoms with Crippen molar-refractivity contribution in [2.45, 2.75) is 31.5 Å². The van der Waals surface area contributed by atoms with Crippen LogP contribution in [-0.4, -0.2) is 34.1 Å². The first-order valence-electron chi connectivity index (χ1n) is 8.67. The molecule has 2 aliphatic rings. The predicted octanol–water partition coefficient (Wildman–Crippen LogP) is 1.76.